The molecule has 1 N–H and O–H groups in total. The minimum absolute atomic E-state index is 0.0377. The molecule has 0 bridgehead atoms. The van der Waals surface area contributed by atoms with Gasteiger partial charge in [0.15, 0.2) is 0 Å². The van der Waals surface area contributed by atoms with Crippen LogP contribution >= 0.6 is 11.8 Å². The summed E-state index contributed by atoms with van der Waals surface area (Å²) in [5.41, 5.74) is 0.691. The van der Waals surface area contributed by atoms with E-state index in [1.165, 1.54) is 43.9 Å². The molecule has 2 amide bonds. The Morgan fingerprint density at radius 1 is 1.12 bits per heavy atom. The number of hydrogen-bond acceptors (Lipinski definition) is 3. The molecule has 0 aromatic heterocycles. The first-order chi connectivity index (χ1) is 12.2. The van der Waals surface area contributed by atoms with E-state index in [-0.39, 0.29) is 11.8 Å². The number of carbonyl (C=O) groups is 2. The van der Waals surface area contributed by atoms with E-state index in [2.05, 4.69) is 5.32 Å². The Labute approximate surface area is 155 Å². The van der Waals surface area contributed by atoms with Crippen LogP contribution in [0.25, 0.3) is 0 Å². The van der Waals surface area contributed by atoms with Crippen molar-refractivity contribution in [2.45, 2.75) is 50.8 Å². The van der Waals surface area contributed by atoms with E-state index in [0.29, 0.717) is 30.3 Å². The van der Waals surface area contributed by atoms with E-state index in [1.54, 1.807) is 0 Å². The fourth-order valence-electron chi connectivity index (χ4n) is 3.29. The predicted molar refractivity (Wildman–Crippen MR) is 104 cm³/mol. The van der Waals surface area contributed by atoms with Gasteiger partial charge in [-0.05, 0) is 44.7 Å². The quantitative estimate of drug-likeness (QED) is 0.712. The number of nitrogens with zero attached hydrogens (tertiary/aromatic N) is 1. The Bertz CT molecular complexity index is 567. The number of benzene rings is 1. The molecule has 1 aliphatic rings. The fourth-order valence-corrected chi connectivity index (χ4v) is 4.17. The molecule has 0 saturated heterocycles. The third kappa shape index (κ3) is 6.07. The summed E-state index contributed by atoms with van der Waals surface area (Å²) in [6.07, 6.45) is 6.37. The number of nitrogens with one attached hydrogen (secondary N) is 1. The van der Waals surface area contributed by atoms with Crippen molar-refractivity contribution in [1.29, 1.82) is 0 Å². The Morgan fingerprint density at radius 3 is 2.48 bits per heavy atom. The van der Waals surface area contributed by atoms with Gasteiger partial charge in [-0.25, -0.2) is 0 Å². The van der Waals surface area contributed by atoms with E-state index in [4.69, 9.17) is 0 Å². The van der Waals surface area contributed by atoms with Gasteiger partial charge in [0.1, 0.15) is 0 Å². The van der Waals surface area contributed by atoms with Gasteiger partial charge in [0.2, 0.25) is 5.91 Å². The van der Waals surface area contributed by atoms with Crippen molar-refractivity contribution >= 4 is 23.6 Å². The normalized spacial score (nSPS) is 15.0. The standard InChI is InChI=1S/C20H30N2O2S/c1-3-22(4-2)20(24)17-12-8-9-13-18(17)25-15-19(23)21-14-16-10-6-5-7-11-16/h8-9,12-13,16H,3-7,10-11,14-15H2,1-2H3,(H,21,23). The van der Waals surface area contributed by atoms with Gasteiger partial charge in [0.25, 0.3) is 5.91 Å². The van der Waals surface area contributed by atoms with E-state index >= 15 is 0 Å². The fraction of sp³-hybridized carbons (Fsp3) is 0.600. The second-order valence-electron chi connectivity index (χ2n) is 6.57. The summed E-state index contributed by atoms with van der Waals surface area (Å²) in [6.45, 7) is 6.14. The van der Waals surface area contributed by atoms with Gasteiger partial charge in [0, 0.05) is 24.5 Å². The van der Waals surface area contributed by atoms with Crippen molar-refractivity contribution in [3.63, 3.8) is 0 Å². The van der Waals surface area contributed by atoms with E-state index < -0.39 is 0 Å². The maximum absolute atomic E-state index is 12.6. The lowest BCUT2D eigenvalue weighted by Crippen LogP contribution is -2.32. The number of hydrogen-bond donors (Lipinski definition) is 1. The number of amides is 2. The maximum atomic E-state index is 12.6. The smallest absolute Gasteiger partial charge is 0.254 e. The molecule has 138 valence electrons. The molecular weight excluding hydrogens is 332 g/mol. The van der Waals surface area contributed by atoms with E-state index in [1.807, 2.05) is 43.0 Å². The van der Waals surface area contributed by atoms with E-state index in [9.17, 15) is 9.59 Å². The number of carbonyl (C=O) groups excluding carboxylic acids is 2. The van der Waals surface area contributed by atoms with Crippen LogP contribution in [0.4, 0.5) is 0 Å². The second kappa shape index (κ2) is 10.5. The molecule has 4 nitrogen and oxygen atoms in total. The molecule has 0 heterocycles. The molecule has 1 saturated carbocycles. The largest absolute Gasteiger partial charge is 0.355 e. The molecule has 0 aliphatic heterocycles. The summed E-state index contributed by atoms with van der Waals surface area (Å²) in [4.78, 5) is 27.5. The van der Waals surface area contributed by atoms with Gasteiger partial charge < -0.3 is 10.2 Å². The lowest BCUT2D eigenvalue weighted by Gasteiger charge is -2.22. The first kappa shape index (κ1) is 19.8. The summed E-state index contributed by atoms with van der Waals surface area (Å²) in [7, 11) is 0. The summed E-state index contributed by atoms with van der Waals surface area (Å²) in [6, 6.07) is 7.57. The van der Waals surface area contributed by atoms with Gasteiger partial charge in [-0.3, -0.25) is 9.59 Å². The Kier molecular flexibility index (Phi) is 8.32. The van der Waals surface area contributed by atoms with Crippen LogP contribution in [-0.2, 0) is 4.79 Å². The topological polar surface area (TPSA) is 49.4 Å². The minimum Gasteiger partial charge on any atom is -0.355 e. The second-order valence-corrected chi connectivity index (χ2v) is 7.59. The summed E-state index contributed by atoms with van der Waals surface area (Å²) >= 11 is 1.45. The third-order valence-electron chi connectivity index (χ3n) is 4.84. The van der Waals surface area contributed by atoms with Gasteiger partial charge in [-0.2, -0.15) is 0 Å². The van der Waals surface area contributed by atoms with E-state index in [0.717, 1.165) is 11.4 Å². The third-order valence-corrected chi connectivity index (χ3v) is 5.91. The predicted octanol–water partition coefficient (Wildman–Crippen LogP) is 3.96. The molecule has 2 rings (SSSR count). The van der Waals surface area contributed by atoms with Crippen LogP contribution in [0.3, 0.4) is 0 Å². The lowest BCUT2D eigenvalue weighted by atomic mass is 9.89. The van der Waals surface area contributed by atoms with Crippen LogP contribution in [0.15, 0.2) is 29.2 Å². The molecule has 0 radical (unpaired) electrons. The molecule has 1 aromatic rings. The van der Waals surface area contributed by atoms with Gasteiger partial charge in [-0.1, -0.05) is 31.4 Å². The van der Waals surface area contributed by atoms with Crippen molar-refractivity contribution < 1.29 is 9.59 Å². The molecule has 25 heavy (non-hydrogen) atoms. The van der Waals surface area contributed by atoms with Crippen molar-refractivity contribution in [2.75, 3.05) is 25.4 Å². The highest BCUT2D eigenvalue weighted by Crippen LogP contribution is 2.25. The summed E-state index contributed by atoms with van der Waals surface area (Å²) in [5.74, 6) is 1.09. The Hall–Kier alpha value is -1.49. The average Bonchev–Trinajstić information content (AvgIpc) is 2.66. The van der Waals surface area contributed by atoms with Crippen molar-refractivity contribution in [2.24, 2.45) is 5.92 Å². The van der Waals surface area contributed by atoms with Gasteiger partial charge >= 0.3 is 0 Å². The van der Waals surface area contributed by atoms with Crippen LogP contribution < -0.4 is 5.32 Å². The minimum atomic E-state index is 0.0377. The first-order valence-corrected chi connectivity index (χ1v) is 10.4. The molecule has 5 heteroatoms. The van der Waals surface area contributed by atoms with Crippen LogP contribution in [0, 0.1) is 5.92 Å². The Balaban J connectivity index is 1.87. The molecule has 1 fully saturated rings. The lowest BCUT2D eigenvalue weighted by molar-refractivity contribution is -0.118. The molecule has 0 atom stereocenters. The molecule has 1 aliphatic carbocycles. The summed E-state index contributed by atoms with van der Waals surface area (Å²) < 4.78 is 0. The van der Waals surface area contributed by atoms with Crippen molar-refractivity contribution in [3.8, 4) is 0 Å². The monoisotopic (exact) mass is 362 g/mol. The number of thioether (sulfide) groups is 1. The molecular formula is C20H30N2O2S. The van der Waals surface area contributed by atoms with Gasteiger partial charge in [-0.15, -0.1) is 11.8 Å². The highest BCUT2D eigenvalue weighted by atomic mass is 32.2. The van der Waals surface area contributed by atoms with Crippen LogP contribution in [0.2, 0.25) is 0 Å². The van der Waals surface area contributed by atoms with Crippen molar-refractivity contribution in [3.05, 3.63) is 29.8 Å². The Morgan fingerprint density at radius 2 is 1.80 bits per heavy atom. The van der Waals surface area contributed by atoms with Gasteiger partial charge in [0.05, 0.1) is 11.3 Å². The SMILES string of the molecule is CCN(CC)C(=O)c1ccccc1SCC(=O)NCC1CCCCC1. The summed E-state index contributed by atoms with van der Waals surface area (Å²) in [5, 5.41) is 3.06. The zero-order valence-corrected chi connectivity index (χ0v) is 16.2. The maximum Gasteiger partial charge on any atom is 0.254 e. The zero-order valence-electron chi connectivity index (χ0n) is 15.4. The average molecular weight is 363 g/mol. The van der Waals surface area contributed by atoms with Crippen LogP contribution in [0.5, 0.6) is 0 Å². The zero-order chi connectivity index (χ0) is 18.1. The van der Waals surface area contributed by atoms with Crippen LogP contribution in [-0.4, -0.2) is 42.1 Å². The molecule has 1 aromatic carbocycles. The highest BCUT2D eigenvalue weighted by Gasteiger charge is 2.18. The first-order valence-electron chi connectivity index (χ1n) is 9.43. The van der Waals surface area contributed by atoms with Crippen molar-refractivity contribution in [1.82, 2.24) is 10.2 Å². The molecule has 0 spiro atoms. The van der Waals surface area contributed by atoms with Crippen LogP contribution in [0.1, 0.15) is 56.3 Å². The highest BCUT2D eigenvalue weighted by molar-refractivity contribution is 8.00. The molecule has 0 unspecified atom stereocenters. The number of rotatable bonds is 8.